The lowest BCUT2D eigenvalue weighted by Crippen LogP contribution is -2.25. The number of halogens is 1. The second kappa shape index (κ2) is 6.37. The number of nitrogens with zero attached hydrogens (tertiary/aromatic N) is 1. The van der Waals surface area contributed by atoms with E-state index in [1.165, 1.54) is 12.1 Å². The Hall–Kier alpha value is -2.60. The van der Waals surface area contributed by atoms with Crippen LogP contribution in [0.2, 0.25) is 0 Å². The summed E-state index contributed by atoms with van der Waals surface area (Å²) in [5.41, 5.74) is 3.08. The maximum Gasteiger partial charge on any atom is 0.286 e. The topological polar surface area (TPSA) is 51.1 Å². The van der Waals surface area contributed by atoms with Crippen LogP contribution in [-0.2, 0) is 17.8 Å². The summed E-state index contributed by atoms with van der Waals surface area (Å²) in [4.78, 5) is 23.2. The number of aromatic nitrogens is 1. The Balaban J connectivity index is 1.67. The maximum absolute atomic E-state index is 13.1. The van der Waals surface area contributed by atoms with Crippen molar-refractivity contribution in [1.82, 2.24) is 9.88 Å². The van der Waals surface area contributed by atoms with Crippen molar-refractivity contribution in [2.45, 2.75) is 18.2 Å². The summed E-state index contributed by atoms with van der Waals surface area (Å²) in [5, 5.41) is 2.72. The van der Waals surface area contributed by atoms with Gasteiger partial charge in [-0.3, -0.25) is 14.9 Å². The van der Waals surface area contributed by atoms with Gasteiger partial charge in [0.1, 0.15) is 5.82 Å². The molecule has 0 radical (unpaired) electrons. The minimum Gasteiger partial charge on any atom is -0.343 e. The molecule has 2 aromatic carbocycles. The van der Waals surface area contributed by atoms with Gasteiger partial charge in [0.25, 0.3) is 5.24 Å². The molecule has 0 aliphatic carbocycles. The SMILES string of the molecule is O=C1NC(=O)C(Cc2cn(Cc3ccc(F)cc3)c3ccccc23)S1. The third kappa shape index (κ3) is 3.17. The van der Waals surface area contributed by atoms with Gasteiger partial charge in [0, 0.05) is 23.6 Å². The molecular weight excluding hydrogens is 339 g/mol. The number of carbonyl (C=O) groups excluding carboxylic acids is 2. The van der Waals surface area contributed by atoms with Crippen LogP contribution in [0.5, 0.6) is 0 Å². The monoisotopic (exact) mass is 354 g/mol. The highest BCUT2D eigenvalue weighted by Crippen LogP contribution is 2.28. The number of hydrogen-bond acceptors (Lipinski definition) is 3. The van der Waals surface area contributed by atoms with Crippen LogP contribution in [0.15, 0.2) is 54.7 Å². The summed E-state index contributed by atoms with van der Waals surface area (Å²) in [7, 11) is 0. The Labute approximate surface area is 148 Å². The molecule has 1 aromatic heterocycles. The van der Waals surface area contributed by atoms with Crippen LogP contribution in [0.1, 0.15) is 11.1 Å². The lowest BCUT2D eigenvalue weighted by Gasteiger charge is -2.05. The Bertz CT molecular complexity index is 965. The number of nitrogens with one attached hydrogen (secondary N) is 1. The summed E-state index contributed by atoms with van der Waals surface area (Å²) in [6.07, 6.45) is 2.52. The third-order valence-electron chi connectivity index (χ3n) is 4.31. The van der Waals surface area contributed by atoms with Crippen molar-refractivity contribution < 1.29 is 14.0 Å². The molecule has 1 N–H and O–H groups in total. The fraction of sp³-hybridized carbons (Fsp3) is 0.158. The van der Waals surface area contributed by atoms with Gasteiger partial charge in [-0.2, -0.15) is 0 Å². The zero-order valence-corrected chi connectivity index (χ0v) is 14.1. The van der Waals surface area contributed by atoms with E-state index in [4.69, 9.17) is 0 Å². The fourth-order valence-electron chi connectivity index (χ4n) is 3.13. The van der Waals surface area contributed by atoms with Crippen molar-refractivity contribution in [3.05, 3.63) is 71.7 Å². The largest absolute Gasteiger partial charge is 0.343 e. The zero-order chi connectivity index (χ0) is 17.4. The van der Waals surface area contributed by atoms with Gasteiger partial charge in [-0.15, -0.1) is 0 Å². The van der Waals surface area contributed by atoms with E-state index in [1.54, 1.807) is 12.1 Å². The van der Waals surface area contributed by atoms with E-state index in [2.05, 4.69) is 9.88 Å². The number of rotatable bonds is 4. The summed E-state index contributed by atoms with van der Waals surface area (Å²) in [6, 6.07) is 14.4. The first kappa shape index (κ1) is 15.9. The average Bonchev–Trinajstić information content (AvgIpc) is 3.10. The van der Waals surface area contributed by atoms with Crippen molar-refractivity contribution in [2.75, 3.05) is 0 Å². The molecule has 4 rings (SSSR count). The lowest BCUT2D eigenvalue weighted by atomic mass is 10.1. The van der Waals surface area contributed by atoms with Crippen molar-refractivity contribution in [1.29, 1.82) is 0 Å². The van der Waals surface area contributed by atoms with E-state index in [9.17, 15) is 14.0 Å². The molecule has 1 saturated heterocycles. The Kier molecular flexibility index (Phi) is 4.05. The molecule has 3 aromatic rings. The number of fused-ring (bicyclic) bond motifs is 1. The number of para-hydroxylation sites is 1. The number of hydrogen-bond donors (Lipinski definition) is 1. The highest BCUT2D eigenvalue weighted by Gasteiger charge is 2.32. The van der Waals surface area contributed by atoms with Gasteiger partial charge in [-0.25, -0.2) is 4.39 Å². The summed E-state index contributed by atoms with van der Waals surface area (Å²) < 4.78 is 15.2. The van der Waals surface area contributed by atoms with Crippen LogP contribution in [0.3, 0.4) is 0 Å². The molecule has 1 atom stereocenters. The maximum atomic E-state index is 13.1. The van der Waals surface area contributed by atoms with Gasteiger partial charge in [0.05, 0.1) is 5.25 Å². The molecule has 6 heteroatoms. The van der Waals surface area contributed by atoms with Gasteiger partial charge in [0.15, 0.2) is 0 Å². The second-order valence-electron chi connectivity index (χ2n) is 6.01. The number of benzene rings is 2. The normalized spacial score (nSPS) is 17.2. The molecule has 2 heterocycles. The van der Waals surface area contributed by atoms with Crippen LogP contribution < -0.4 is 5.32 Å². The van der Waals surface area contributed by atoms with E-state index < -0.39 is 5.25 Å². The van der Waals surface area contributed by atoms with Crippen molar-refractivity contribution in [3.8, 4) is 0 Å². The molecule has 0 spiro atoms. The molecule has 25 heavy (non-hydrogen) atoms. The fourth-order valence-corrected chi connectivity index (χ4v) is 3.98. The predicted octanol–water partition coefficient (Wildman–Crippen LogP) is 3.72. The van der Waals surface area contributed by atoms with Crippen LogP contribution >= 0.6 is 11.8 Å². The number of amides is 2. The van der Waals surface area contributed by atoms with Crippen LogP contribution in [0.25, 0.3) is 10.9 Å². The standard InChI is InChI=1S/C19H15FN2O2S/c20-14-7-5-12(6-8-14)10-22-11-13(15-3-1-2-4-16(15)22)9-17-18(23)21-19(24)25-17/h1-8,11,17H,9-10H2,(H,21,23,24). The molecule has 0 saturated carbocycles. The summed E-state index contributed by atoms with van der Waals surface area (Å²) >= 11 is 1.04. The summed E-state index contributed by atoms with van der Waals surface area (Å²) in [6.45, 7) is 0.615. The molecule has 126 valence electrons. The van der Waals surface area contributed by atoms with Crippen LogP contribution in [-0.4, -0.2) is 21.0 Å². The lowest BCUT2D eigenvalue weighted by molar-refractivity contribution is -0.118. The predicted molar refractivity (Wildman–Crippen MR) is 96.1 cm³/mol. The van der Waals surface area contributed by atoms with Gasteiger partial charge in [-0.1, -0.05) is 42.1 Å². The number of carbonyl (C=O) groups is 2. The first-order valence-corrected chi connectivity index (χ1v) is 8.81. The first-order chi connectivity index (χ1) is 12.1. The van der Waals surface area contributed by atoms with Crippen molar-refractivity contribution in [3.63, 3.8) is 0 Å². The molecule has 1 unspecified atom stereocenters. The van der Waals surface area contributed by atoms with Crippen molar-refractivity contribution >= 4 is 33.8 Å². The minimum atomic E-state index is -0.391. The Morgan fingerprint density at radius 3 is 2.56 bits per heavy atom. The highest BCUT2D eigenvalue weighted by atomic mass is 32.2. The van der Waals surface area contributed by atoms with Gasteiger partial charge >= 0.3 is 0 Å². The Morgan fingerprint density at radius 2 is 1.84 bits per heavy atom. The third-order valence-corrected chi connectivity index (χ3v) is 5.29. The van der Waals surface area contributed by atoms with Gasteiger partial charge < -0.3 is 4.57 Å². The van der Waals surface area contributed by atoms with E-state index in [0.717, 1.165) is 33.8 Å². The number of imide groups is 1. The average molecular weight is 354 g/mol. The zero-order valence-electron chi connectivity index (χ0n) is 13.2. The minimum absolute atomic E-state index is 0.231. The van der Waals surface area contributed by atoms with Gasteiger partial charge in [0.2, 0.25) is 5.91 Å². The molecule has 1 fully saturated rings. The molecule has 0 bridgehead atoms. The van der Waals surface area contributed by atoms with E-state index in [0.29, 0.717) is 13.0 Å². The van der Waals surface area contributed by atoms with E-state index in [-0.39, 0.29) is 17.0 Å². The summed E-state index contributed by atoms with van der Waals surface area (Å²) in [5.74, 6) is -0.485. The molecular formula is C19H15FN2O2S. The van der Waals surface area contributed by atoms with E-state index >= 15 is 0 Å². The van der Waals surface area contributed by atoms with Crippen LogP contribution in [0.4, 0.5) is 9.18 Å². The quantitative estimate of drug-likeness (QED) is 0.777. The molecule has 2 amide bonds. The Morgan fingerprint density at radius 1 is 1.08 bits per heavy atom. The van der Waals surface area contributed by atoms with Gasteiger partial charge in [-0.05, 0) is 35.7 Å². The highest BCUT2D eigenvalue weighted by molar-refractivity contribution is 8.15. The first-order valence-electron chi connectivity index (χ1n) is 7.93. The van der Waals surface area contributed by atoms with E-state index in [1.807, 2.05) is 30.5 Å². The van der Waals surface area contributed by atoms with Crippen molar-refractivity contribution in [2.24, 2.45) is 0 Å². The molecule has 4 nitrogen and oxygen atoms in total. The molecule has 1 aliphatic rings. The smallest absolute Gasteiger partial charge is 0.286 e. The van der Waals surface area contributed by atoms with Crippen LogP contribution in [0, 0.1) is 5.82 Å². The molecule has 1 aliphatic heterocycles. The second-order valence-corrected chi connectivity index (χ2v) is 7.19. The number of thioether (sulfide) groups is 1.